The van der Waals surface area contributed by atoms with Crippen molar-refractivity contribution in [2.24, 2.45) is 0 Å². The average molecular weight is 346 g/mol. The molecule has 0 aliphatic carbocycles. The van der Waals surface area contributed by atoms with Crippen LogP contribution in [-0.4, -0.2) is 36.9 Å². The molecule has 0 saturated carbocycles. The number of likely N-dealkylation sites (tertiary alicyclic amines) is 1. The first kappa shape index (κ1) is 20.6. The Morgan fingerprint density at radius 3 is 2.21 bits per heavy atom. The van der Waals surface area contributed by atoms with E-state index in [-0.39, 0.29) is 11.3 Å². The van der Waals surface area contributed by atoms with Crippen molar-refractivity contribution in [1.29, 1.82) is 0 Å². The van der Waals surface area contributed by atoms with Crippen LogP contribution >= 0.6 is 0 Å². The molecule has 24 heavy (non-hydrogen) atoms. The summed E-state index contributed by atoms with van der Waals surface area (Å²) in [6, 6.07) is 4.56. The molecular formula is C18H29F3N2O. The van der Waals surface area contributed by atoms with Gasteiger partial charge >= 0.3 is 6.36 Å². The van der Waals surface area contributed by atoms with Crippen molar-refractivity contribution in [3.8, 4) is 5.75 Å². The Balaban J connectivity index is 0.000000671. The number of anilines is 1. The summed E-state index contributed by atoms with van der Waals surface area (Å²) in [6.45, 7) is 10.0. The molecule has 2 aliphatic rings. The number of nitrogens with zero attached hydrogens (tertiary/aromatic N) is 1. The summed E-state index contributed by atoms with van der Waals surface area (Å²) in [5.74, 6) is -0.136. The Morgan fingerprint density at radius 2 is 1.67 bits per heavy atom. The van der Waals surface area contributed by atoms with Gasteiger partial charge in [0.1, 0.15) is 5.75 Å². The molecule has 1 aromatic rings. The SMILES string of the molecule is CC.CC.CN1CCC2(CC1)Cc1cc(OC(F)(F)F)ccc1N2. The van der Waals surface area contributed by atoms with Gasteiger partial charge in [-0.2, -0.15) is 0 Å². The number of nitrogens with one attached hydrogen (secondary N) is 1. The van der Waals surface area contributed by atoms with Crippen LogP contribution in [0.1, 0.15) is 46.1 Å². The molecule has 6 heteroatoms. The van der Waals surface area contributed by atoms with Crippen LogP contribution in [0.4, 0.5) is 18.9 Å². The second kappa shape index (κ2) is 8.60. The summed E-state index contributed by atoms with van der Waals surface area (Å²) < 4.78 is 40.7. The van der Waals surface area contributed by atoms with Crippen molar-refractivity contribution in [2.75, 3.05) is 25.5 Å². The molecule has 138 valence electrons. The van der Waals surface area contributed by atoms with Crippen LogP contribution in [-0.2, 0) is 6.42 Å². The molecule has 0 unspecified atom stereocenters. The highest BCUT2D eigenvalue weighted by atomic mass is 19.4. The average Bonchev–Trinajstić information content (AvgIpc) is 2.90. The summed E-state index contributed by atoms with van der Waals surface area (Å²) in [6.07, 6.45) is -1.85. The van der Waals surface area contributed by atoms with E-state index in [0.717, 1.165) is 43.6 Å². The Labute approximate surface area is 143 Å². The van der Waals surface area contributed by atoms with E-state index in [2.05, 4.69) is 22.0 Å². The highest BCUT2D eigenvalue weighted by Crippen LogP contribution is 2.40. The standard InChI is InChI=1S/C14H17F3N2O.2C2H6/c1-19-6-4-13(5-7-19)9-10-8-11(20-14(15,16)17)2-3-12(10)18-13;2*1-2/h2-3,8,18H,4-7,9H2,1H3;2*1-2H3. The van der Waals surface area contributed by atoms with Gasteiger partial charge < -0.3 is 15.0 Å². The number of piperidine rings is 1. The first-order valence-electron chi connectivity index (χ1n) is 8.71. The highest BCUT2D eigenvalue weighted by molar-refractivity contribution is 5.61. The molecule has 2 aliphatic heterocycles. The van der Waals surface area contributed by atoms with Crippen molar-refractivity contribution in [3.05, 3.63) is 23.8 Å². The van der Waals surface area contributed by atoms with Crippen molar-refractivity contribution < 1.29 is 17.9 Å². The van der Waals surface area contributed by atoms with Crippen LogP contribution in [0.3, 0.4) is 0 Å². The Morgan fingerprint density at radius 1 is 1.08 bits per heavy atom. The second-order valence-corrected chi connectivity index (χ2v) is 5.75. The Bertz CT molecular complexity index is 509. The maximum Gasteiger partial charge on any atom is 0.573 e. The molecule has 0 bridgehead atoms. The summed E-state index contributed by atoms with van der Waals surface area (Å²) in [5.41, 5.74) is 1.85. The number of ether oxygens (including phenoxy) is 1. The third-order valence-electron chi connectivity index (χ3n) is 4.18. The molecule has 0 atom stereocenters. The number of rotatable bonds is 1. The Hall–Kier alpha value is -1.43. The van der Waals surface area contributed by atoms with Crippen molar-refractivity contribution in [2.45, 2.75) is 58.9 Å². The van der Waals surface area contributed by atoms with Gasteiger partial charge in [0.2, 0.25) is 0 Å². The maximum absolute atomic E-state index is 12.2. The zero-order valence-electron chi connectivity index (χ0n) is 15.3. The van der Waals surface area contributed by atoms with E-state index in [1.54, 1.807) is 6.07 Å². The number of hydrogen-bond donors (Lipinski definition) is 1. The van der Waals surface area contributed by atoms with Gasteiger partial charge in [-0.05, 0) is 50.1 Å². The molecule has 1 saturated heterocycles. The van der Waals surface area contributed by atoms with Gasteiger partial charge in [-0.15, -0.1) is 13.2 Å². The summed E-state index contributed by atoms with van der Waals surface area (Å²) in [7, 11) is 2.09. The number of alkyl halides is 3. The fourth-order valence-electron chi connectivity index (χ4n) is 3.08. The predicted octanol–water partition coefficient (Wildman–Crippen LogP) is 5.07. The van der Waals surface area contributed by atoms with E-state index in [9.17, 15) is 13.2 Å². The van der Waals surface area contributed by atoms with E-state index in [1.807, 2.05) is 27.7 Å². The highest BCUT2D eigenvalue weighted by Gasteiger charge is 2.39. The zero-order valence-corrected chi connectivity index (χ0v) is 15.3. The molecule has 1 aromatic carbocycles. The van der Waals surface area contributed by atoms with Gasteiger partial charge in [0.05, 0.1) is 0 Å². The van der Waals surface area contributed by atoms with Crippen LogP contribution in [0, 0.1) is 0 Å². The van der Waals surface area contributed by atoms with Gasteiger partial charge in [-0.3, -0.25) is 0 Å². The minimum Gasteiger partial charge on any atom is -0.406 e. The predicted molar refractivity (Wildman–Crippen MR) is 92.6 cm³/mol. The molecule has 2 heterocycles. The molecule has 1 N–H and O–H groups in total. The first-order valence-corrected chi connectivity index (χ1v) is 8.71. The molecule has 1 fully saturated rings. The van der Waals surface area contributed by atoms with Crippen molar-refractivity contribution in [1.82, 2.24) is 4.90 Å². The number of benzene rings is 1. The lowest BCUT2D eigenvalue weighted by molar-refractivity contribution is -0.274. The minimum atomic E-state index is -4.63. The minimum absolute atomic E-state index is 0.00565. The maximum atomic E-state index is 12.2. The van der Waals surface area contributed by atoms with E-state index in [1.165, 1.54) is 12.1 Å². The van der Waals surface area contributed by atoms with E-state index < -0.39 is 6.36 Å². The molecule has 3 nitrogen and oxygen atoms in total. The summed E-state index contributed by atoms with van der Waals surface area (Å²) >= 11 is 0. The quantitative estimate of drug-likeness (QED) is 0.768. The molecule has 0 radical (unpaired) electrons. The lowest BCUT2D eigenvalue weighted by atomic mass is 9.85. The molecular weight excluding hydrogens is 317 g/mol. The van der Waals surface area contributed by atoms with Crippen LogP contribution in [0.25, 0.3) is 0 Å². The summed E-state index contributed by atoms with van der Waals surface area (Å²) in [4.78, 5) is 2.27. The van der Waals surface area contributed by atoms with Crippen molar-refractivity contribution >= 4 is 5.69 Å². The molecule has 0 aromatic heterocycles. The summed E-state index contributed by atoms with van der Waals surface area (Å²) in [5, 5.41) is 3.50. The largest absolute Gasteiger partial charge is 0.573 e. The van der Waals surface area contributed by atoms with Crippen LogP contribution in [0.2, 0.25) is 0 Å². The molecule has 3 rings (SSSR count). The first-order chi connectivity index (χ1) is 11.4. The topological polar surface area (TPSA) is 24.5 Å². The lowest BCUT2D eigenvalue weighted by Crippen LogP contribution is -2.47. The van der Waals surface area contributed by atoms with Gasteiger partial charge in [-0.1, -0.05) is 27.7 Å². The Kier molecular flexibility index (Phi) is 7.39. The molecule has 1 spiro atoms. The fraction of sp³-hybridized carbons (Fsp3) is 0.667. The normalized spacial score (nSPS) is 18.5. The zero-order chi connectivity index (χ0) is 18.4. The van der Waals surface area contributed by atoms with E-state index in [4.69, 9.17) is 0 Å². The number of fused-ring (bicyclic) bond motifs is 1. The fourth-order valence-corrected chi connectivity index (χ4v) is 3.08. The van der Waals surface area contributed by atoms with Gasteiger partial charge in [0, 0.05) is 24.3 Å². The number of halogens is 3. The third kappa shape index (κ3) is 5.30. The van der Waals surface area contributed by atoms with Crippen LogP contribution < -0.4 is 10.1 Å². The molecule has 0 amide bonds. The van der Waals surface area contributed by atoms with Gasteiger partial charge in [0.25, 0.3) is 0 Å². The van der Waals surface area contributed by atoms with Crippen LogP contribution in [0.5, 0.6) is 5.75 Å². The second-order valence-electron chi connectivity index (χ2n) is 5.75. The lowest BCUT2D eigenvalue weighted by Gasteiger charge is -2.38. The number of hydrogen-bond acceptors (Lipinski definition) is 3. The van der Waals surface area contributed by atoms with Gasteiger partial charge in [-0.25, -0.2) is 0 Å². The van der Waals surface area contributed by atoms with Crippen molar-refractivity contribution in [3.63, 3.8) is 0 Å². The van der Waals surface area contributed by atoms with E-state index in [0.29, 0.717) is 0 Å². The monoisotopic (exact) mass is 346 g/mol. The van der Waals surface area contributed by atoms with E-state index >= 15 is 0 Å². The third-order valence-corrected chi connectivity index (χ3v) is 4.18. The van der Waals surface area contributed by atoms with Gasteiger partial charge in [0.15, 0.2) is 0 Å². The van der Waals surface area contributed by atoms with Crippen LogP contribution in [0.15, 0.2) is 18.2 Å². The smallest absolute Gasteiger partial charge is 0.406 e.